The molecule has 7 heteroatoms. The van der Waals surface area contributed by atoms with Crippen molar-refractivity contribution >= 4 is 33.0 Å². The minimum atomic E-state index is -0.408. The lowest BCUT2D eigenvalue weighted by Gasteiger charge is -1.98. The maximum Gasteiger partial charge on any atom is 0.270 e. The van der Waals surface area contributed by atoms with Gasteiger partial charge in [-0.15, -0.1) is 11.3 Å². The molecule has 0 aliphatic heterocycles. The van der Waals surface area contributed by atoms with E-state index in [2.05, 4.69) is 25.9 Å². The summed E-state index contributed by atoms with van der Waals surface area (Å²) < 4.78 is 0.882. The van der Waals surface area contributed by atoms with Crippen LogP contribution in [0.15, 0.2) is 52.6 Å². The smallest absolute Gasteiger partial charge is 0.263 e. The summed E-state index contributed by atoms with van der Waals surface area (Å²) in [6, 6.07) is 8.40. The van der Waals surface area contributed by atoms with Crippen LogP contribution < -0.4 is 0 Å². The highest BCUT2D eigenvalue weighted by Crippen LogP contribution is 2.30. The second-order valence-corrected chi connectivity index (χ2v) is 6.01. The maximum atomic E-state index is 10.8. The van der Waals surface area contributed by atoms with E-state index in [1.54, 1.807) is 18.5 Å². The first-order chi connectivity index (χ1) is 10.1. The molecule has 104 valence electrons. The lowest BCUT2D eigenvalue weighted by atomic mass is 10.1. The van der Waals surface area contributed by atoms with Gasteiger partial charge in [-0.1, -0.05) is 12.1 Å². The van der Waals surface area contributed by atoms with Crippen LogP contribution in [-0.2, 0) is 0 Å². The molecule has 0 saturated heterocycles. The molecular weight excluding hydrogens is 354 g/mol. The first-order valence-corrected chi connectivity index (χ1v) is 7.62. The fourth-order valence-corrected chi connectivity index (χ4v) is 3.02. The van der Waals surface area contributed by atoms with Gasteiger partial charge in [0.1, 0.15) is 5.01 Å². The average molecular weight is 362 g/mol. The predicted octanol–water partition coefficient (Wildman–Crippen LogP) is 4.54. The third kappa shape index (κ3) is 2.98. The third-order valence-corrected chi connectivity index (χ3v) is 4.13. The molecule has 0 spiro atoms. The summed E-state index contributed by atoms with van der Waals surface area (Å²) in [5, 5.41) is 13.5. The predicted molar refractivity (Wildman–Crippen MR) is 85.1 cm³/mol. The van der Waals surface area contributed by atoms with Crippen LogP contribution in [0.1, 0.15) is 0 Å². The summed E-state index contributed by atoms with van der Waals surface area (Å²) in [7, 11) is 0. The van der Waals surface area contributed by atoms with Crippen molar-refractivity contribution in [3.05, 3.63) is 62.7 Å². The van der Waals surface area contributed by atoms with E-state index >= 15 is 0 Å². The largest absolute Gasteiger partial charge is 0.270 e. The van der Waals surface area contributed by atoms with Gasteiger partial charge >= 0.3 is 0 Å². The highest BCUT2D eigenvalue weighted by atomic mass is 79.9. The van der Waals surface area contributed by atoms with Crippen LogP contribution in [0.2, 0.25) is 0 Å². The number of rotatable bonds is 3. The molecule has 0 fully saturated rings. The van der Waals surface area contributed by atoms with Crippen molar-refractivity contribution in [1.82, 2.24) is 9.97 Å². The number of non-ortho nitro benzene ring substituents is 1. The standard InChI is InChI=1S/C14H8BrN3O2S/c15-11-4-10(6-16-7-11)14-17-13(8-21-14)9-2-1-3-12(5-9)18(19)20/h1-8H. The molecule has 0 atom stereocenters. The first kappa shape index (κ1) is 13.8. The van der Waals surface area contributed by atoms with Gasteiger partial charge in [-0.3, -0.25) is 15.1 Å². The van der Waals surface area contributed by atoms with Gasteiger partial charge in [-0.2, -0.15) is 0 Å². The Hall–Kier alpha value is -2.12. The second kappa shape index (κ2) is 5.71. The summed E-state index contributed by atoms with van der Waals surface area (Å²) in [4.78, 5) is 19.1. The molecule has 0 saturated carbocycles. The molecule has 0 bridgehead atoms. The number of pyridine rings is 1. The first-order valence-electron chi connectivity index (χ1n) is 5.95. The molecule has 0 unspecified atom stereocenters. The van der Waals surface area contributed by atoms with Crippen LogP contribution in [0.4, 0.5) is 5.69 Å². The summed E-state index contributed by atoms with van der Waals surface area (Å²) >= 11 is 4.85. The minimum Gasteiger partial charge on any atom is -0.263 e. The van der Waals surface area contributed by atoms with Crippen molar-refractivity contribution in [3.8, 4) is 21.8 Å². The molecule has 0 aliphatic carbocycles. The van der Waals surface area contributed by atoms with Gasteiger partial charge in [0.2, 0.25) is 0 Å². The Labute approximate surface area is 132 Å². The number of aromatic nitrogens is 2. The minimum absolute atomic E-state index is 0.0613. The Bertz CT molecular complexity index is 819. The molecule has 5 nitrogen and oxygen atoms in total. The van der Waals surface area contributed by atoms with E-state index in [1.807, 2.05) is 17.5 Å². The van der Waals surface area contributed by atoms with Gasteiger partial charge in [-0.05, 0) is 22.0 Å². The lowest BCUT2D eigenvalue weighted by molar-refractivity contribution is -0.384. The molecule has 2 aromatic heterocycles. The van der Waals surface area contributed by atoms with Crippen LogP contribution in [0.25, 0.3) is 21.8 Å². The zero-order valence-electron chi connectivity index (χ0n) is 10.6. The van der Waals surface area contributed by atoms with Gasteiger partial charge in [0.25, 0.3) is 5.69 Å². The average Bonchev–Trinajstić information content (AvgIpc) is 2.97. The molecule has 0 N–H and O–H groups in total. The normalized spacial score (nSPS) is 10.5. The van der Waals surface area contributed by atoms with Gasteiger partial charge in [0.05, 0.1) is 10.6 Å². The van der Waals surface area contributed by atoms with Crippen molar-refractivity contribution in [1.29, 1.82) is 0 Å². The maximum absolute atomic E-state index is 10.8. The number of nitro groups is 1. The summed E-state index contributed by atoms with van der Waals surface area (Å²) in [6.45, 7) is 0. The quantitative estimate of drug-likeness (QED) is 0.507. The number of nitrogens with zero attached hydrogens (tertiary/aromatic N) is 3. The van der Waals surface area contributed by atoms with Crippen molar-refractivity contribution in [3.63, 3.8) is 0 Å². The molecule has 0 aliphatic rings. The van der Waals surface area contributed by atoms with Gasteiger partial charge in [0.15, 0.2) is 0 Å². The Morgan fingerprint density at radius 2 is 2.05 bits per heavy atom. The van der Waals surface area contributed by atoms with Crippen LogP contribution in [0.5, 0.6) is 0 Å². The topological polar surface area (TPSA) is 68.9 Å². The SMILES string of the molecule is O=[N+]([O-])c1cccc(-c2csc(-c3cncc(Br)c3)n2)c1. The molecular formula is C14H8BrN3O2S. The van der Waals surface area contributed by atoms with Crippen LogP contribution in [0.3, 0.4) is 0 Å². The van der Waals surface area contributed by atoms with E-state index in [9.17, 15) is 10.1 Å². The van der Waals surface area contributed by atoms with Crippen molar-refractivity contribution in [2.45, 2.75) is 0 Å². The van der Waals surface area contributed by atoms with Crippen molar-refractivity contribution in [2.75, 3.05) is 0 Å². The molecule has 3 aromatic rings. The summed E-state index contributed by atoms with van der Waals surface area (Å²) in [5.74, 6) is 0. The molecule has 21 heavy (non-hydrogen) atoms. The number of thiazole rings is 1. The van der Waals surface area contributed by atoms with E-state index in [-0.39, 0.29) is 5.69 Å². The molecule has 3 rings (SSSR count). The van der Waals surface area contributed by atoms with Crippen LogP contribution >= 0.6 is 27.3 Å². The Kier molecular flexibility index (Phi) is 3.76. The van der Waals surface area contributed by atoms with Gasteiger partial charge in [-0.25, -0.2) is 4.98 Å². The van der Waals surface area contributed by atoms with E-state index in [4.69, 9.17) is 0 Å². The number of hydrogen-bond acceptors (Lipinski definition) is 5. The number of nitro benzene ring substituents is 1. The zero-order valence-corrected chi connectivity index (χ0v) is 13.0. The molecule has 0 radical (unpaired) electrons. The highest BCUT2D eigenvalue weighted by molar-refractivity contribution is 9.10. The highest BCUT2D eigenvalue weighted by Gasteiger charge is 2.11. The second-order valence-electron chi connectivity index (χ2n) is 4.24. The Morgan fingerprint density at radius 1 is 1.19 bits per heavy atom. The fraction of sp³-hybridized carbons (Fsp3) is 0. The van der Waals surface area contributed by atoms with E-state index in [1.165, 1.54) is 23.5 Å². The zero-order chi connectivity index (χ0) is 14.8. The molecule has 2 heterocycles. The molecule has 1 aromatic carbocycles. The fourth-order valence-electron chi connectivity index (χ4n) is 1.85. The van der Waals surface area contributed by atoms with E-state index in [0.29, 0.717) is 0 Å². The van der Waals surface area contributed by atoms with Crippen LogP contribution in [-0.4, -0.2) is 14.9 Å². The summed E-state index contributed by atoms with van der Waals surface area (Å²) in [6.07, 6.45) is 3.44. The number of benzene rings is 1. The summed E-state index contributed by atoms with van der Waals surface area (Å²) in [5.41, 5.74) is 2.42. The van der Waals surface area contributed by atoms with Crippen molar-refractivity contribution in [2.24, 2.45) is 0 Å². The van der Waals surface area contributed by atoms with Crippen LogP contribution in [0, 0.1) is 10.1 Å². The lowest BCUT2D eigenvalue weighted by Crippen LogP contribution is -1.88. The number of halogens is 1. The monoisotopic (exact) mass is 361 g/mol. The Balaban J connectivity index is 1.98. The van der Waals surface area contributed by atoms with Gasteiger partial charge in [0, 0.05) is 45.5 Å². The Morgan fingerprint density at radius 3 is 2.81 bits per heavy atom. The molecule has 0 amide bonds. The van der Waals surface area contributed by atoms with E-state index < -0.39 is 4.92 Å². The van der Waals surface area contributed by atoms with E-state index in [0.717, 1.165) is 26.3 Å². The third-order valence-electron chi connectivity index (χ3n) is 2.81. The van der Waals surface area contributed by atoms with Gasteiger partial charge < -0.3 is 0 Å². The van der Waals surface area contributed by atoms with Crippen molar-refractivity contribution < 1.29 is 4.92 Å². The number of hydrogen-bond donors (Lipinski definition) is 0.